The fraction of sp³-hybridized carbons (Fsp3) is 0.810. The van der Waals surface area contributed by atoms with Crippen molar-refractivity contribution >= 4 is 19.4 Å². The first-order valence-electron chi connectivity index (χ1n) is 10.00. The lowest BCUT2D eigenvalue weighted by Crippen LogP contribution is -2.59. The summed E-state index contributed by atoms with van der Waals surface area (Å²) in [7, 11) is 1.67. The number of rotatable bonds is 8. The van der Waals surface area contributed by atoms with Gasteiger partial charge in [-0.3, -0.25) is 9.59 Å². The van der Waals surface area contributed by atoms with Crippen molar-refractivity contribution in [3.63, 3.8) is 0 Å². The number of aliphatic hydroxyl groups is 1. The molecule has 0 amide bonds. The molecule has 0 atom stereocenters. The second-order valence-electron chi connectivity index (χ2n) is 9.91. The highest BCUT2D eigenvalue weighted by atomic mass is 16.6. The van der Waals surface area contributed by atoms with Crippen molar-refractivity contribution in [2.24, 2.45) is 10.8 Å². The van der Waals surface area contributed by atoms with Gasteiger partial charge in [0.25, 0.3) is 0 Å². The van der Waals surface area contributed by atoms with Crippen molar-refractivity contribution in [2.45, 2.75) is 98.1 Å². The maximum absolute atomic E-state index is 12.7. The van der Waals surface area contributed by atoms with Gasteiger partial charge < -0.3 is 19.2 Å². The Balaban J connectivity index is 2.04. The van der Waals surface area contributed by atoms with E-state index < -0.39 is 28.6 Å². The second-order valence-corrected chi connectivity index (χ2v) is 9.91. The average molecular weight is 393 g/mol. The second kappa shape index (κ2) is 7.49. The number of carbonyl (C=O) groups is 2. The predicted octanol–water partition coefficient (Wildman–Crippen LogP) is 3.13. The van der Waals surface area contributed by atoms with Crippen molar-refractivity contribution in [3.05, 3.63) is 11.5 Å². The molecular weight excluding hydrogens is 359 g/mol. The molecule has 2 rings (SSSR count). The molecule has 1 saturated carbocycles. The number of hydrogen-bond acceptors (Lipinski definition) is 6. The van der Waals surface area contributed by atoms with Gasteiger partial charge >= 0.3 is 19.4 Å². The largest absolute Gasteiger partial charge is 0.462 e. The lowest BCUT2D eigenvalue weighted by atomic mass is 9.44. The van der Waals surface area contributed by atoms with Crippen molar-refractivity contribution in [3.8, 4) is 0 Å². The molecule has 28 heavy (non-hydrogen) atoms. The van der Waals surface area contributed by atoms with E-state index in [2.05, 4.69) is 6.08 Å². The lowest BCUT2D eigenvalue weighted by Gasteiger charge is -2.56. The van der Waals surface area contributed by atoms with Gasteiger partial charge in [-0.2, -0.15) is 0 Å². The maximum Gasteiger partial charge on any atom is 0.326 e. The summed E-state index contributed by atoms with van der Waals surface area (Å²) < 4.78 is 16.5. The molecule has 0 aromatic rings. The van der Waals surface area contributed by atoms with E-state index in [0.29, 0.717) is 12.8 Å². The Labute approximate surface area is 169 Å². The molecule has 157 valence electrons. The van der Waals surface area contributed by atoms with Crippen LogP contribution >= 0.6 is 0 Å². The van der Waals surface area contributed by atoms with Crippen LogP contribution in [-0.2, 0) is 23.7 Å². The molecule has 2 aliphatic carbocycles. The van der Waals surface area contributed by atoms with Crippen LogP contribution in [0.3, 0.4) is 0 Å². The van der Waals surface area contributed by atoms with Crippen molar-refractivity contribution in [1.29, 1.82) is 0 Å². The molecule has 0 heterocycles. The van der Waals surface area contributed by atoms with Crippen molar-refractivity contribution in [2.75, 3.05) is 0 Å². The van der Waals surface area contributed by atoms with Crippen LogP contribution in [-0.4, -0.2) is 47.9 Å². The minimum absolute atomic E-state index is 0.194. The van der Waals surface area contributed by atoms with E-state index in [1.54, 1.807) is 49.0 Å². The Morgan fingerprint density at radius 3 is 1.82 bits per heavy atom. The van der Waals surface area contributed by atoms with Gasteiger partial charge in [0.15, 0.2) is 5.41 Å². The van der Waals surface area contributed by atoms with Gasteiger partial charge in [0, 0.05) is 0 Å². The maximum atomic E-state index is 12.7. The number of carbonyl (C=O) groups excluding carboxylic acids is 2. The van der Waals surface area contributed by atoms with Gasteiger partial charge in [0.2, 0.25) is 0 Å². The fourth-order valence-corrected chi connectivity index (χ4v) is 3.62. The molecule has 2 aliphatic rings. The van der Waals surface area contributed by atoms with E-state index in [1.807, 2.05) is 13.8 Å². The topological polar surface area (TPSA) is 82.1 Å². The molecule has 6 nitrogen and oxygen atoms in total. The fourth-order valence-electron chi connectivity index (χ4n) is 3.62. The summed E-state index contributed by atoms with van der Waals surface area (Å²) in [5.74, 6) is -0.993. The molecule has 1 spiro atoms. The highest BCUT2D eigenvalue weighted by molar-refractivity contribution is 6.39. The number of ether oxygens (including phenoxy) is 2. The van der Waals surface area contributed by atoms with Gasteiger partial charge in [-0.05, 0) is 80.1 Å². The van der Waals surface area contributed by atoms with E-state index in [-0.39, 0.29) is 17.6 Å². The summed E-state index contributed by atoms with van der Waals surface area (Å²) in [6.07, 6.45) is 2.99. The first-order chi connectivity index (χ1) is 12.6. The Kier molecular flexibility index (Phi) is 6.14. The minimum atomic E-state index is -1.22. The third-order valence-corrected chi connectivity index (χ3v) is 5.80. The zero-order valence-electron chi connectivity index (χ0n) is 18.4. The molecule has 0 unspecified atom stereocenters. The van der Waals surface area contributed by atoms with E-state index >= 15 is 0 Å². The molecule has 1 fully saturated rings. The van der Waals surface area contributed by atoms with Crippen molar-refractivity contribution in [1.82, 2.24) is 0 Å². The molecule has 7 heteroatoms. The van der Waals surface area contributed by atoms with Crippen LogP contribution in [0.2, 0.25) is 0 Å². The smallest absolute Gasteiger partial charge is 0.326 e. The lowest BCUT2D eigenvalue weighted by molar-refractivity contribution is -0.194. The van der Waals surface area contributed by atoms with Crippen LogP contribution in [0.25, 0.3) is 0 Å². The SMILES string of the molecule is CC(C)OC(=O)C1(C(=O)OC(C)C)CC2(C=C([B]OC(C)(C)C(C)(C)O)C2)C1. The molecule has 0 aromatic carbocycles. The van der Waals surface area contributed by atoms with Gasteiger partial charge in [0.1, 0.15) is 0 Å². The van der Waals surface area contributed by atoms with Crippen LogP contribution in [0.15, 0.2) is 11.5 Å². The molecule has 0 bridgehead atoms. The van der Waals surface area contributed by atoms with E-state index in [4.69, 9.17) is 14.1 Å². The Morgan fingerprint density at radius 1 is 1.04 bits per heavy atom. The first-order valence-corrected chi connectivity index (χ1v) is 10.00. The Hall–Kier alpha value is -1.34. The van der Waals surface area contributed by atoms with Gasteiger partial charge in [0.05, 0.1) is 23.4 Å². The standard InChI is InChI=1S/C21H34BO6/c1-13(2)26-16(23)21(17(24)27-14(3)4)11-20(12-21)9-15(10-20)22-28-19(7,8)18(5,6)25/h9,13-14,25H,10-12H2,1-8H3. The average Bonchev–Trinajstić information content (AvgIpc) is 2.40. The Bertz CT molecular complexity index is 626. The Morgan fingerprint density at radius 2 is 1.46 bits per heavy atom. The molecule has 1 radical (unpaired) electrons. The number of hydrogen-bond donors (Lipinski definition) is 1. The normalized spacial score (nSPS) is 20.3. The molecular formula is C21H34BO6. The highest BCUT2D eigenvalue weighted by Gasteiger charge is 2.66. The third-order valence-electron chi connectivity index (χ3n) is 5.80. The van der Waals surface area contributed by atoms with Crippen LogP contribution in [0.4, 0.5) is 0 Å². The summed E-state index contributed by atoms with van der Waals surface area (Å²) in [6, 6.07) is 0. The van der Waals surface area contributed by atoms with E-state index in [9.17, 15) is 14.7 Å². The molecule has 0 aromatic heterocycles. The third kappa shape index (κ3) is 4.46. The molecule has 0 saturated heterocycles. The van der Waals surface area contributed by atoms with Gasteiger partial charge in [-0.25, -0.2) is 0 Å². The summed E-state index contributed by atoms with van der Waals surface area (Å²) in [4.78, 5) is 25.3. The van der Waals surface area contributed by atoms with Crippen molar-refractivity contribution < 1.29 is 28.8 Å². The quantitative estimate of drug-likeness (QED) is 0.388. The van der Waals surface area contributed by atoms with Crippen LogP contribution in [0, 0.1) is 10.8 Å². The summed E-state index contributed by atoms with van der Waals surface area (Å²) in [5.41, 5.74) is -2.13. The minimum Gasteiger partial charge on any atom is -0.462 e. The monoisotopic (exact) mass is 393 g/mol. The summed E-state index contributed by atoms with van der Waals surface area (Å²) in [6.45, 7) is 14.2. The summed E-state index contributed by atoms with van der Waals surface area (Å²) >= 11 is 0. The van der Waals surface area contributed by atoms with Crippen LogP contribution < -0.4 is 0 Å². The molecule has 0 aliphatic heterocycles. The van der Waals surface area contributed by atoms with Gasteiger partial charge in [-0.15, -0.1) is 0 Å². The van der Waals surface area contributed by atoms with Crippen LogP contribution in [0.5, 0.6) is 0 Å². The molecule has 1 N–H and O–H groups in total. The van der Waals surface area contributed by atoms with E-state index in [1.165, 1.54) is 0 Å². The summed E-state index contributed by atoms with van der Waals surface area (Å²) in [5, 5.41) is 10.2. The number of allylic oxidation sites excluding steroid dienone is 2. The van der Waals surface area contributed by atoms with Gasteiger partial charge in [-0.1, -0.05) is 11.5 Å². The zero-order valence-corrected chi connectivity index (χ0v) is 18.4. The predicted molar refractivity (Wildman–Crippen MR) is 106 cm³/mol. The highest BCUT2D eigenvalue weighted by Crippen LogP contribution is 2.64. The van der Waals surface area contributed by atoms with Crippen LogP contribution in [0.1, 0.15) is 74.7 Å². The first kappa shape index (κ1) is 22.9. The number of esters is 2. The van der Waals surface area contributed by atoms with E-state index in [0.717, 1.165) is 11.9 Å². The zero-order chi connectivity index (χ0) is 21.5.